The molecule has 1 amide bonds. The van der Waals surface area contributed by atoms with Crippen LogP contribution in [0.1, 0.15) is 42.5 Å². The molecule has 0 aliphatic rings. The van der Waals surface area contributed by atoms with Crippen LogP contribution in [-0.2, 0) is 5.41 Å². The lowest BCUT2D eigenvalue weighted by atomic mass is 9.88. The molecular weight excluding hydrogens is 236 g/mol. The van der Waals surface area contributed by atoms with Gasteiger partial charge < -0.3 is 10.7 Å². The molecule has 3 heteroatoms. The monoisotopic (exact) mass is 256 g/mol. The Morgan fingerprint density at radius 1 is 1.16 bits per heavy atom. The first-order valence-electron chi connectivity index (χ1n) is 6.40. The van der Waals surface area contributed by atoms with E-state index in [0.29, 0.717) is 5.69 Å². The molecule has 0 bridgehead atoms. The molecule has 3 nitrogen and oxygen atoms in total. The molecular formula is C16H20N2O. The van der Waals surface area contributed by atoms with Gasteiger partial charge in [0, 0.05) is 16.7 Å². The summed E-state index contributed by atoms with van der Waals surface area (Å²) in [7, 11) is 0. The molecule has 100 valence electrons. The van der Waals surface area contributed by atoms with Gasteiger partial charge in [-0.05, 0) is 18.1 Å². The van der Waals surface area contributed by atoms with E-state index < -0.39 is 5.91 Å². The molecule has 2 rings (SSSR count). The van der Waals surface area contributed by atoms with Crippen molar-refractivity contribution in [3.8, 4) is 11.1 Å². The Morgan fingerprint density at radius 2 is 1.74 bits per heavy atom. The number of carbonyl (C=O) groups is 1. The first-order valence-corrected chi connectivity index (χ1v) is 6.40. The van der Waals surface area contributed by atoms with Crippen LogP contribution in [0.25, 0.3) is 11.1 Å². The largest absolute Gasteiger partial charge is 0.364 e. The van der Waals surface area contributed by atoms with Gasteiger partial charge in [0.2, 0.25) is 0 Å². The summed E-state index contributed by atoms with van der Waals surface area (Å²) in [6, 6.07) is 9.87. The first-order chi connectivity index (χ1) is 8.82. The van der Waals surface area contributed by atoms with Crippen molar-refractivity contribution in [2.24, 2.45) is 5.73 Å². The normalized spacial score (nSPS) is 11.6. The molecule has 0 aliphatic heterocycles. The maximum Gasteiger partial charge on any atom is 0.265 e. The highest BCUT2D eigenvalue weighted by Gasteiger charge is 2.25. The summed E-state index contributed by atoms with van der Waals surface area (Å²) in [6.07, 6.45) is 0. The number of nitrogens with two attached hydrogens (primary N) is 1. The van der Waals surface area contributed by atoms with Gasteiger partial charge in [0.1, 0.15) is 5.69 Å². The van der Waals surface area contributed by atoms with Crippen LogP contribution in [0.3, 0.4) is 0 Å². The highest BCUT2D eigenvalue weighted by atomic mass is 16.1. The summed E-state index contributed by atoms with van der Waals surface area (Å²) in [5, 5.41) is 0. The van der Waals surface area contributed by atoms with Crippen molar-refractivity contribution in [1.82, 2.24) is 4.98 Å². The number of aromatic amines is 1. The zero-order valence-electron chi connectivity index (χ0n) is 11.9. The topological polar surface area (TPSA) is 58.9 Å². The minimum absolute atomic E-state index is 0.0543. The van der Waals surface area contributed by atoms with Gasteiger partial charge in [0.25, 0.3) is 5.91 Å². The first kappa shape index (κ1) is 13.4. The number of H-pyrrole nitrogens is 1. The van der Waals surface area contributed by atoms with Crippen molar-refractivity contribution < 1.29 is 4.79 Å². The summed E-state index contributed by atoms with van der Waals surface area (Å²) in [4.78, 5) is 14.9. The molecule has 0 saturated carbocycles. The van der Waals surface area contributed by atoms with Crippen LogP contribution in [-0.4, -0.2) is 10.9 Å². The van der Waals surface area contributed by atoms with Crippen LogP contribution in [0, 0.1) is 6.92 Å². The lowest BCUT2D eigenvalue weighted by Gasteiger charge is -2.18. The van der Waals surface area contributed by atoms with E-state index in [2.05, 4.69) is 25.8 Å². The van der Waals surface area contributed by atoms with Crippen molar-refractivity contribution >= 4 is 5.91 Å². The molecule has 0 aliphatic carbocycles. The van der Waals surface area contributed by atoms with Gasteiger partial charge in [-0.3, -0.25) is 4.79 Å². The molecule has 0 saturated heterocycles. The third kappa shape index (κ3) is 2.41. The molecule has 0 atom stereocenters. The minimum atomic E-state index is -0.419. The van der Waals surface area contributed by atoms with E-state index in [1.54, 1.807) is 0 Å². The Hall–Kier alpha value is -2.03. The summed E-state index contributed by atoms with van der Waals surface area (Å²) < 4.78 is 0. The number of rotatable bonds is 2. The Kier molecular flexibility index (Phi) is 3.23. The molecule has 0 fully saturated rings. The summed E-state index contributed by atoms with van der Waals surface area (Å²) in [5.74, 6) is -0.419. The van der Waals surface area contributed by atoms with Crippen LogP contribution in [0.15, 0.2) is 30.3 Å². The number of aromatic nitrogens is 1. The van der Waals surface area contributed by atoms with E-state index in [4.69, 9.17) is 5.73 Å². The van der Waals surface area contributed by atoms with Gasteiger partial charge in [-0.1, -0.05) is 51.1 Å². The zero-order valence-corrected chi connectivity index (χ0v) is 11.9. The third-order valence-corrected chi connectivity index (χ3v) is 3.31. The van der Waals surface area contributed by atoms with E-state index in [-0.39, 0.29) is 5.41 Å². The molecule has 0 spiro atoms. The maximum atomic E-state index is 11.7. The Morgan fingerprint density at radius 3 is 2.21 bits per heavy atom. The quantitative estimate of drug-likeness (QED) is 0.850. The van der Waals surface area contributed by atoms with Gasteiger partial charge in [-0.15, -0.1) is 0 Å². The number of amides is 1. The van der Waals surface area contributed by atoms with Crippen LogP contribution in [0.5, 0.6) is 0 Å². The second-order valence-corrected chi connectivity index (χ2v) is 5.86. The number of benzene rings is 1. The fraction of sp³-hybridized carbons (Fsp3) is 0.312. The van der Waals surface area contributed by atoms with E-state index in [1.165, 1.54) is 0 Å². The Labute approximate surface area is 113 Å². The van der Waals surface area contributed by atoms with Gasteiger partial charge in [-0.2, -0.15) is 0 Å². The predicted octanol–water partition coefficient (Wildman–Crippen LogP) is 3.39. The second kappa shape index (κ2) is 4.57. The van der Waals surface area contributed by atoms with Gasteiger partial charge in [0.05, 0.1) is 0 Å². The van der Waals surface area contributed by atoms with E-state index in [1.807, 2.05) is 37.3 Å². The van der Waals surface area contributed by atoms with Crippen molar-refractivity contribution in [1.29, 1.82) is 0 Å². The van der Waals surface area contributed by atoms with Crippen molar-refractivity contribution in [2.75, 3.05) is 0 Å². The van der Waals surface area contributed by atoms with Crippen LogP contribution < -0.4 is 5.73 Å². The Balaban J connectivity index is 2.73. The molecule has 2 aromatic rings. The lowest BCUT2D eigenvalue weighted by Crippen LogP contribution is -2.15. The molecule has 3 N–H and O–H groups in total. The van der Waals surface area contributed by atoms with Crippen LogP contribution in [0.2, 0.25) is 0 Å². The average Bonchev–Trinajstić information content (AvgIpc) is 2.68. The van der Waals surface area contributed by atoms with Crippen molar-refractivity contribution in [3.63, 3.8) is 0 Å². The van der Waals surface area contributed by atoms with Crippen LogP contribution >= 0.6 is 0 Å². The molecule has 1 heterocycles. The standard InChI is InChI=1S/C16H20N2O/c1-10-12(11-8-6-5-7-9-11)13(15(17)19)18-14(10)16(2,3)4/h5-9,18H,1-4H3,(H2,17,19). The van der Waals surface area contributed by atoms with Crippen LogP contribution in [0.4, 0.5) is 0 Å². The van der Waals surface area contributed by atoms with Crippen molar-refractivity contribution in [2.45, 2.75) is 33.1 Å². The van der Waals surface area contributed by atoms with Gasteiger partial charge >= 0.3 is 0 Å². The highest BCUT2D eigenvalue weighted by molar-refractivity contribution is 5.99. The summed E-state index contributed by atoms with van der Waals surface area (Å²) >= 11 is 0. The highest BCUT2D eigenvalue weighted by Crippen LogP contribution is 2.35. The summed E-state index contributed by atoms with van der Waals surface area (Å²) in [5.41, 5.74) is 10.0. The fourth-order valence-corrected chi connectivity index (χ4v) is 2.49. The molecule has 0 radical (unpaired) electrons. The minimum Gasteiger partial charge on any atom is -0.364 e. The molecule has 19 heavy (non-hydrogen) atoms. The van der Waals surface area contributed by atoms with Crippen molar-refractivity contribution in [3.05, 3.63) is 47.3 Å². The smallest absolute Gasteiger partial charge is 0.265 e. The SMILES string of the molecule is Cc1c(C(C)(C)C)[nH]c(C(N)=O)c1-c1ccccc1. The predicted molar refractivity (Wildman–Crippen MR) is 78.2 cm³/mol. The average molecular weight is 256 g/mol. The van der Waals surface area contributed by atoms with Gasteiger partial charge in [0.15, 0.2) is 0 Å². The second-order valence-electron chi connectivity index (χ2n) is 5.86. The lowest BCUT2D eigenvalue weighted by molar-refractivity contribution is 0.0996. The maximum absolute atomic E-state index is 11.7. The zero-order chi connectivity index (χ0) is 14.2. The summed E-state index contributed by atoms with van der Waals surface area (Å²) in [6.45, 7) is 8.38. The number of carbonyl (C=O) groups excluding carboxylic acids is 1. The molecule has 0 unspecified atom stereocenters. The van der Waals surface area contributed by atoms with E-state index in [9.17, 15) is 4.79 Å². The third-order valence-electron chi connectivity index (χ3n) is 3.31. The number of primary amides is 1. The van der Waals surface area contributed by atoms with Gasteiger partial charge in [-0.25, -0.2) is 0 Å². The number of hydrogen-bond acceptors (Lipinski definition) is 1. The fourth-order valence-electron chi connectivity index (χ4n) is 2.49. The molecule has 1 aromatic heterocycles. The van der Waals surface area contributed by atoms with E-state index >= 15 is 0 Å². The number of hydrogen-bond donors (Lipinski definition) is 2. The number of nitrogens with one attached hydrogen (secondary N) is 1. The van der Waals surface area contributed by atoms with E-state index in [0.717, 1.165) is 22.4 Å². The Bertz CT molecular complexity index is 604. The molecule has 1 aromatic carbocycles.